The molecule has 258 valence electrons. The SMILES string of the molecule is Cc1ccc(-c2cc(C(F)(F)F)nn2-c2ccc(S(=O)(=O)NC(=O)C3CCCN(n4on4OC(C)OC(=O)c4ccccc4)C3)cc2)cc1. The molecule has 1 saturated heterocycles. The number of sulfonamides is 1. The van der Waals surface area contributed by atoms with Crippen molar-refractivity contribution in [2.45, 2.75) is 44.1 Å². The zero-order valence-corrected chi connectivity index (χ0v) is 27.0. The number of hydrogen-bond donors (Lipinski definition) is 1. The van der Waals surface area contributed by atoms with E-state index in [9.17, 15) is 31.2 Å². The molecule has 0 radical (unpaired) electrons. The molecule has 2 atom stereocenters. The Morgan fingerprint density at radius 1 is 1.02 bits per heavy atom. The number of amides is 1. The molecule has 49 heavy (non-hydrogen) atoms. The molecule has 13 nitrogen and oxygen atoms in total. The Labute approximate surface area is 278 Å². The van der Waals surface area contributed by atoms with Crippen LogP contribution in [0.25, 0.3) is 16.9 Å². The number of aromatic nitrogens is 4. The molecule has 0 aliphatic carbocycles. The predicted molar refractivity (Wildman–Crippen MR) is 167 cm³/mol. The van der Waals surface area contributed by atoms with Gasteiger partial charge in [-0.05, 0) is 62.2 Å². The van der Waals surface area contributed by atoms with Crippen molar-refractivity contribution in [3.63, 3.8) is 0 Å². The highest BCUT2D eigenvalue weighted by molar-refractivity contribution is 7.90. The lowest BCUT2D eigenvalue weighted by Gasteiger charge is -2.28. The summed E-state index contributed by atoms with van der Waals surface area (Å²) >= 11 is 0. The smallest absolute Gasteiger partial charge is 0.420 e. The molecular formula is C32H31F3N6O7S. The number of piperidine rings is 1. The first kappa shape index (κ1) is 33.5. The number of esters is 1. The molecule has 1 aliphatic heterocycles. The van der Waals surface area contributed by atoms with Gasteiger partial charge in [0, 0.05) is 24.0 Å². The lowest BCUT2D eigenvalue weighted by Crippen LogP contribution is -2.48. The Bertz CT molecular complexity index is 2030. The van der Waals surface area contributed by atoms with Gasteiger partial charge in [-0.3, -0.25) is 9.80 Å². The van der Waals surface area contributed by atoms with Gasteiger partial charge >= 0.3 is 12.1 Å². The minimum Gasteiger partial charge on any atom is -0.420 e. The summed E-state index contributed by atoms with van der Waals surface area (Å²) in [5.74, 6) is -2.06. The van der Waals surface area contributed by atoms with Gasteiger partial charge in [0.1, 0.15) is 5.02 Å². The second kappa shape index (κ2) is 13.2. The number of carbonyl (C=O) groups is 2. The van der Waals surface area contributed by atoms with Gasteiger partial charge in [0.2, 0.25) is 5.91 Å². The number of nitrogens with one attached hydrogen (secondary N) is 1. The Hall–Kier alpha value is -5.45. The molecule has 1 aliphatic rings. The van der Waals surface area contributed by atoms with E-state index in [1.165, 1.54) is 36.2 Å². The summed E-state index contributed by atoms with van der Waals surface area (Å²) in [6.45, 7) is 3.93. The van der Waals surface area contributed by atoms with E-state index in [1.54, 1.807) is 59.6 Å². The van der Waals surface area contributed by atoms with E-state index < -0.39 is 46.0 Å². The van der Waals surface area contributed by atoms with E-state index in [4.69, 9.17) is 14.2 Å². The highest BCUT2D eigenvalue weighted by Crippen LogP contribution is 2.33. The van der Waals surface area contributed by atoms with E-state index in [0.717, 1.165) is 21.3 Å². The summed E-state index contributed by atoms with van der Waals surface area (Å²) in [5, 5.41) is 6.35. The first-order chi connectivity index (χ1) is 23.3. The van der Waals surface area contributed by atoms with Crippen LogP contribution in [0.5, 0.6) is 0 Å². The number of aryl methyl sites for hydroxylation is 1. The van der Waals surface area contributed by atoms with Crippen LogP contribution in [-0.2, 0) is 25.7 Å². The number of hydrogen-bond acceptors (Lipinski definition) is 9. The summed E-state index contributed by atoms with van der Waals surface area (Å²) in [6.07, 6.45) is -4.77. The maximum Gasteiger partial charge on any atom is 0.435 e. The van der Waals surface area contributed by atoms with Crippen molar-refractivity contribution in [1.29, 1.82) is 0 Å². The molecule has 1 fully saturated rings. The zero-order chi connectivity index (χ0) is 34.9. The number of alkyl halides is 3. The van der Waals surface area contributed by atoms with Crippen molar-refractivity contribution in [1.82, 2.24) is 24.5 Å². The van der Waals surface area contributed by atoms with Crippen molar-refractivity contribution < 1.29 is 45.4 Å². The molecule has 3 aromatic carbocycles. The molecule has 3 heterocycles. The number of halogens is 3. The maximum absolute atomic E-state index is 13.6. The van der Waals surface area contributed by atoms with Gasteiger partial charge in [-0.25, -0.2) is 22.6 Å². The Morgan fingerprint density at radius 2 is 1.71 bits per heavy atom. The van der Waals surface area contributed by atoms with E-state index in [1.807, 2.05) is 6.92 Å². The van der Waals surface area contributed by atoms with E-state index in [0.29, 0.717) is 30.5 Å². The van der Waals surface area contributed by atoms with E-state index in [2.05, 4.69) is 9.82 Å². The molecule has 2 aromatic heterocycles. The minimum absolute atomic E-state index is 0.0982. The summed E-state index contributed by atoms with van der Waals surface area (Å²) in [6, 6.07) is 21.2. The average molecular weight is 701 g/mol. The molecule has 2 unspecified atom stereocenters. The largest absolute Gasteiger partial charge is 0.435 e. The second-order valence-corrected chi connectivity index (χ2v) is 13.1. The third-order valence-corrected chi connectivity index (χ3v) is 9.13. The van der Waals surface area contributed by atoms with Crippen LogP contribution in [0.15, 0.2) is 94.5 Å². The van der Waals surface area contributed by atoms with Crippen LogP contribution in [0.3, 0.4) is 0 Å². The van der Waals surface area contributed by atoms with Crippen LogP contribution in [0.1, 0.15) is 41.4 Å². The minimum atomic E-state index is -4.70. The van der Waals surface area contributed by atoms with Crippen molar-refractivity contribution in [2.75, 3.05) is 18.1 Å². The molecule has 0 bridgehead atoms. The first-order valence-corrected chi connectivity index (χ1v) is 16.6. The van der Waals surface area contributed by atoms with Crippen LogP contribution >= 0.6 is 0 Å². The molecule has 1 N–H and O–H groups in total. The summed E-state index contributed by atoms with van der Waals surface area (Å²) in [4.78, 5) is 31.8. The van der Waals surface area contributed by atoms with Gasteiger partial charge in [-0.1, -0.05) is 48.0 Å². The normalized spacial score (nSPS) is 15.9. The van der Waals surface area contributed by atoms with Crippen molar-refractivity contribution in [3.05, 3.63) is 102 Å². The van der Waals surface area contributed by atoms with Gasteiger partial charge < -0.3 is 9.57 Å². The van der Waals surface area contributed by atoms with Gasteiger partial charge in [0.15, 0.2) is 5.69 Å². The van der Waals surface area contributed by atoms with Gasteiger partial charge in [-0.2, -0.15) is 22.9 Å². The van der Waals surface area contributed by atoms with Crippen LogP contribution in [0.4, 0.5) is 13.2 Å². The summed E-state index contributed by atoms with van der Waals surface area (Å²) in [5.41, 5.74) is 1.02. The number of ether oxygens (including phenoxy) is 1. The van der Waals surface area contributed by atoms with Crippen LogP contribution < -0.4 is 14.6 Å². The fraction of sp³-hybridized carbons (Fsp3) is 0.281. The standard InChI is InChI=1S/C32H31F3N6O7S/c1-21-10-12-23(13-11-21)28-19-29(32(33,34)35)36-39(28)26-14-16-27(17-15-26)49(44,45)37-30(42)25-9-6-18-38(20-25)40-41(48-40)47-22(2)46-31(43)24-7-4-3-5-8-24/h3-5,7-8,10-17,19,22,25H,6,9,18,20H2,1-2H3,(H,37,42). The van der Waals surface area contributed by atoms with Crippen LogP contribution in [-0.4, -0.2) is 59.4 Å². The van der Waals surface area contributed by atoms with Crippen molar-refractivity contribution >= 4 is 21.9 Å². The number of nitrogens with zero attached hydrogens (tertiary/aromatic N) is 5. The molecule has 17 heteroatoms. The Kier molecular flexibility index (Phi) is 9.02. The number of rotatable bonds is 10. The van der Waals surface area contributed by atoms with E-state index in [-0.39, 0.29) is 22.8 Å². The monoisotopic (exact) mass is 700 g/mol. The van der Waals surface area contributed by atoms with Gasteiger partial charge in [-0.15, -0.1) is 0 Å². The summed E-state index contributed by atoms with van der Waals surface area (Å²) in [7, 11) is -4.33. The average Bonchev–Trinajstić information content (AvgIpc) is 3.68. The van der Waals surface area contributed by atoms with Gasteiger partial charge in [0.05, 0.1) is 34.3 Å². The lowest BCUT2D eigenvalue weighted by molar-refractivity contribution is -0.141. The number of benzene rings is 3. The molecule has 0 saturated carbocycles. The van der Waals surface area contributed by atoms with E-state index >= 15 is 0 Å². The molecule has 5 aromatic rings. The third-order valence-electron chi connectivity index (χ3n) is 7.77. The quantitative estimate of drug-likeness (QED) is 0.164. The second-order valence-electron chi connectivity index (χ2n) is 11.4. The number of carbonyl (C=O) groups excluding carboxylic acids is 2. The predicted octanol–water partition coefficient (Wildman–Crippen LogP) is 4.55. The van der Waals surface area contributed by atoms with Gasteiger partial charge in [0.25, 0.3) is 16.3 Å². The zero-order valence-electron chi connectivity index (χ0n) is 26.2. The topological polar surface area (TPSA) is 143 Å². The Morgan fingerprint density at radius 3 is 2.39 bits per heavy atom. The molecule has 0 spiro atoms. The molecule has 1 amide bonds. The fourth-order valence-corrected chi connectivity index (χ4v) is 6.26. The molecule has 6 rings (SSSR count). The van der Waals surface area contributed by atoms with Crippen LogP contribution in [0.2, 0.25) is 0 Å². The first-order valence-electron chi connectivity index (χ1n) is 15.2. The third kappa shape index (κ3) is 7.66. The summed E-state index contributed by atoms with van der Waals surface area (Å²) < 4.78 is 80.8. The van der Waals surface area contributed by atoms with Crippen molar-refractivity contribution in [2.24, 2.45) is 5.92 Å². The van der Waals surface area contributed by atoms with Crippen molar-refractivity contribution in [3.8, 4) is 16.9 Å². The highest BCUT2D eigenvalue weighted by Gasteiger charge is 2.36. The lowest BCUT2D eigenvalue weighted by atomic mass is 9.99. The molecular weight excluding hydrogens is 669 g/mol. The van der Waals surface area contributed by atoms with Crippen LogP contribution in [0, 0.1) is 12.8 Å². The highest BCUT2D eigenvalue weighted by atomic mass is 32.2. The Balaban J connectivity index is 1.09. The fourth-order valence-electron chi connectivity index (χ4n) is 5.22. The maximum atomic E-state index is 13.6.